The maximum Gasteiger partial charge on any atom is 0.411 e. The van der Waals surface area contributed by atoms with Crippen molar-refractivity contribution in [2.45, 2.75) is 38.3 Å². The zero-order valence-corrected chi connectivity index (χ0v) is 24.8. The lowest BCUT2D eigenvalue weighted by molar-refractivity contribution is 0.0593. The SMILES string of the molecule is O=C(Nc1ccccc1-c1ccccc1)OC1CCN(CCc2ccc(CCNCc3cc(F)cc(Cl)c3O)cc2)CC1. The van der Waals surface area contributed by atoms with Crippen LogP contribution in [0.15, 0.2) is 91.0 Å². The van der Waals surface area contributed by atoms with E-state index >= 15 is 0 Å². The monoisotopic (exact) mass is 601 g/mol. The molecule has 1 heterocycles. The molecule has 0 spiro atoms. The summed E-state index contributed by atoms with van der Waals surface area (Å²) < 4.78 is 19.3. The Kier molecular flexibility index (Phi) is 10.7. The van der Waals surface area contributed by atoms with Gasteiger partial charge < -0.3 is 20.1 Å². The highest BCUT2D eigenvalue weighted by Crippen LogP contribution is 2.29. The number of ether oxygens (including phenoxy) is 1. The number of likely N-dealkylation sites (tertiary alicyclic amines) is 1. The molecule has 1 aliphatic rings. The van der Waals surface area contributed by atoms with Crippen molar-refractivity contribution in [3.8, 4) is 16.9 Å². The highest BCUT2D eigenvalue weighted by Gasteiger charge is 2.22. The van der Waals surface area contributed by atoms with Crippen LogP contribution in [-0.4, -0.2) is 48.4 Å². The standard InChI is InChI=1S/C35H37ClFN3O3/c36-32-23-29(37)22-28(34(32)41)24-38-18-14-25-10-12-26(13-11-25)15-19-40-20-16-30(17-21-40)43-35(42)39-33-9-5-4-8-31(33)27-6-2-1-3-7-27/h1-13,22-23,30,38,41H,14-21,24H2,(H,39,42). The molecular formula is C35H37ClFN3O3. The van der Waals surface area contributed by atoms with Gasteiger partial charge in [0.25, 0.3) is 0 Å². The maximum absolute atomic E-state index is 13.5. The zero-order chi connectivity index (χ0) is 30.0. The first-order valence-corrected chi connectivity index (χ1v) is 15.1. The van der Waals surface area contributed by atoms with Crippen molar-refractivity contribution in [2.24, 2.45) is 0 Å². The smallest absolute Gasteiger partial charge is 0.411 e. The number of halogens is 2. The van der Waals surface area contributed by atoms with Gasteiger partial charge in [-0.05, 0) is 67.1 Å². The highest BCUT2D eigenvalue weighted by atomic mass is 35.5. The molecule has 1 fully saturated rings. The minimum atomic E-state index is -0.461. The first kappa shape index (κ1) is 30.5. The number of nitrogens with one attached hydrogen (secondary N) is 2. The number of para-hydroxylation sites is 1. The Bertz CT molecular complexity index is 1490. The predicted octanol–water partition coefficient (Wildman–Crippen LogP) is 7.44. The average Bonchev–Trinajstić information content (AvgIpc) is 3.02. The number of piperidine rings is 1. The molecule has 224 valence electrons. The molecule has 0 bridgehead atoms. The fourth-order valence-corrected chi connectivity index (χ4v) is 5.60. The van der Waals surface area contributed by atoms with Crippen molar-refractivity contribution in [1.29, 1.82) is 0 Å². The number of benzene rings is 4. The van der Waals surface area contributed by atoms with Gasteiger partial charge in [0.1, 0.15) is 17.7 Å². The van der Waals surface area contributed by atoms with Crippen molar-refractivity contribution < 1.29 is 19.0 Å². The van der Waals surface area contributed by atoms with Gasteiger partial charge in [0.15, 0.2) is 0 Å². The van der Waals surface area contributed by atoms with E-state index in [1.807, 2.05) is 54.6 Å². The molecule has 8 heteroatoms. The molecule has 1 aliphatic heterocycles. The molecule has 1 saturated heterocycles. The number of amides is 1. The number of phenolic OH excluding ortho intramolecular Hbond substituents is 1. The second-order valence-electron chi connectivity index (χ2n) is 10.9. The lowest BCUT2D eigenvalue weighted by Gasteiger charge is -2.31. The number of nitrogens with zero attached hydrogens (tertiary/aromatic N) is 1. The number of carbonyl (C=O) groups excluding carboxylic acids is 1. The van der Waals surface area contributed by atoms with Crippen LogP contribution in [0.5, 0.6) is 5.75 Å². The van der Waals surface area contributed by atoms with Crippen molar-refractivity contribution >= 4 is 23.4 Å². The lowest BCUT2D eigenvalue weighted by Crippen LogP contribution is -2.39. The molecule has 0 unspecified atom stereocenters. The number of hydrogen-bond acceptors (Lipinski definition) is 5. The second kappa shape index (κ2) is 15.0. The van der Waals surface area contributed by atoms with E-state index in [1.54, 1.807) is 0 Å². The largest absolute Gasteiger partial charge is 0.506 e. The van der Waals surface area contributed by atoms with Crippen LogP contribution in [0.4, 0.5) is 14.9 Å². The van der Waals surface area contributed by atoms with Gasteiger partial charge in [-0.25, -0.2) is 9.18 Å². The van der Waals surface area contributed by atoms with Crippen LogP contribution in [0, 0.1) is 5.82 Å². The summed E-state index contributed by atoms with van der Waals surface area (Å²) >= 11 is 5.85. The molecule has 0 radical (unpaired) electrons. The first-order valence-electron chi connectivity index (χ1n) is 14.7. The Labute approximate surface area is 257 Å². The first-order chi connectivity index (χ1) is 20.9. The van der Waals surface area contributed by atoms with E-state index in [1.165, 1.54) is 17.2 Å². The molecule has 4 aromatic carbocycles. The summed E-state index contributed by atoms with van der Waals surface area (Å²) in [7, 11) is 0. The van der Waals surface area contributed by atoms with E-state index in [0.29, 0.717) is 18.7 Å². The van der Waals surface area contributed by atoms with E-state index < -0.39 is 11.9 Å². The average molecular weight is 602 g/mol. The van der Waals surface area contributed by atoms with Crippen molar-refractivity contribution in [3.05, 3.63) is 119 Å². The van der Waals surface area contributed by atoms with Crippen LogP contribution in [0.3, 0.4) is 0 Å². The number of anilines is 1. The van der Waals surface area contributed by atoms with Crippen LogP contribution in [0.25, 0.3) is 11.1 Å². The molecule has 6 nitrogen and oxygen atoms in total. The Morgan fingerprint density at radius 1 is 0.930 bits per heavy atom. The summed E-state index contributed by atoms with van der Waals surface area (Å²) in [6.07, 6.45) is 2.92. The van der Waals surface area contributed by atoms with Crippen molar-refractivity contribution in [1.82, 2.24) is 10.2 Å². The molecule has 43 heavy (non-hydrogen) atoms. The third kappa shape index (κ3) is 8.80. The quantitative estimate of drug-likeness (QED) is 0.156. The molecule has 0 atom stereocenters. The molecule has 3 N–H and O–H groups in total. The summed E-state index contributed by atoms with van der Waals surface area (Å²) in [5, 5.41) is 16.2. The van der Waals surface area contributed by atoms with Gasteiger partial charge >= 0.3 is 6.09 Å². The van der Waals surface area contributed by atoms with Gasteiger partial charge in [0.05, 0.1) is 10.7 Å². The number of aromatic hydroxyl groups is 1. The molecule has 5 rings (SSSR count). The van der Waals surface area contributed by atoms with Gasteiger partial charge in [0.2, 0.25) is 0 Å². The Hall–Kier alpha value is -3.91. The van der Waals surface area contributed by atoms with E-state index in [4.69, 9.17) is 16.3 Å². The van der Waals surface area contributed by atoms with Gasteiger partial charge in [-0.15, -0.1) is 0 Å². The summed E-state index contributed by atoms with van der Waals surface area (Å²) in [4.78, 5) is 15.1. The lowest BCUT2D eigenvalue weighted by atomic mass is 10.0. The van der Waals surface area contributed by atoms with Crippen molar-refractivity contribution in [3.63, 3.8) is 0 Å². The molecule has 0 aliphatic carbocycles. The number of rotatable bonds is 11. The number of phenols is 1. The third-order valence-corrected chi connectivity index (χ3v) is 8.10. The van der Waals surface area contributed by atoms with E-state index in [-0.39, 0.29) is 16.9 Å². The van der Waals surface area contributed by atoms with Crippen LogP contribution >= 0.6 is 11.6 Å². The normalized spacial score (nSPS) is 14.0. The van der Waals surface area contributed by atoms with E-state index in [9.17, 15) is 14.3 Å². The van der Waals surface area contributed by atoms with Crippen LogP contribution < -0.4 is 10.6 Å². The molecular weight excluding hydrogens is 565 g/mol. The molecule has 0 saturated carbocycles. The summed E-state index contributed by atoms with van der Waals surface area (Å²) in [5.74, 6) is -0.542. The fraction of sp³-hybridized carbons (Fsp3) is 0.286. The minimum Gasteiger partial charge on any atom is -0.506 e. The summed E-state index contributed by atoms with van der Waals surface area (Å²) in [6, 6.07) is 28.8. The Morgan fingerprint density at radius 3 is 2.35 bits per heavy atom. The number of carbonyl (C=O) groups is 1. The van der Waals surface area contributed by atoms with Gasteiger partial charge in [0, 0.05) is 37.3 Å². The maximum atomic E-state index is 13.5. The highest BCUT2D eigenvalue weighted by molar-refractivity contribution is 6.32. The van der Waals surface area contributed by atoms with E-state index in [0.717, 1.165) is 68.2 Å². The molecule has 1 amide bonds. The predicted molar refractivity (Wildman–Crippen MR) is 170 cm³/mol. The van der Waals surface area contributed by atoms with Crippen LogP contribution in [0.2, 0.25) is 5.02 Å². The van der Waals surface area contributed by atoms with Gasteiger partial charge in [-0.2, -0.15) is 0 Å². The summed E-state index contributed by atoms with van der Waals surface area (Å²) in [5.41, 5.74) is 5.69. The molecule has 0 aromatic heterocycles. The zero-order valence-electron chi connectivity index (χ0n) is 24.1. The summed E-state index contributed by atoms with van der Waals surface area (Å²) in [6.45, 7) is 3.80. The Balaban J connectivity index is 0.995. The minimum absolute atomic E-state index is 0.0224. The Morgan fingerprint density at radius 2 is 1.60 bits per heavy atom. The number of hydrogen-bond donors (Lipinski definition) is 3. The van der Waals surface area contributed by atoms with Crippen LogP contribution in [-0.2, 0) is 24.1 Å². The van der Waals surface area contributed by atoms with Crippen molar-refractivity contribution in [2.75, 3.05) is 31.5 Å². The molecule has 4 aromatic rings. The van der Waals surface area contributed by atoms with Crippen LogP contribution in [0.1, 0.15) is 29.5 Å². The fourth-order valence-electron chi connectivity index (χ4n) is 5.37. The van der Waals surface area contributed by atoms with Gasteiger partial charge in [-0.3, -0.25) is 5.32 Å². The third-order valence-electron chi connectivity index (χ3n) is 7.81. The second-order valence-corrected chi connectivity index (χ2v) is 11.3. The van der Waals surface area contributed by atoms with Gasteiger partial charge in [-0.1, -0.05) is 84.4 Å². The van der Waals surface area contributed by atoms with E-state index in [2.05, 4.69) is 39.8 Å². The topological polar surface area (TPSA) is 73.8 Å².